The summed E-state index contributed by atoms with van der Waals surface area (Å²) in [5.41, 5.74) is 1.56. The van der Waals surface area contributed by atoms with Crippen molar-refractivity contribution >= 4 is 34.8 Å². The highest BCUT2D eigenvalue weighted by atomic mass is 16.2. The van der Waals surface area contributed by atoms with Gasteiger partial charge in [-0.1, -0.05) is 24.3 Å². The SMILES string of the molecule is C[n+]1ccc(C(=O)N2/C(=C3\C(=O)c4ccccc4N3C(=O)c3ccncc3)C(=O)c3ccccc32)cc1. The van der Waals surface area contributed by atoms with Crippen LogP contribution < -0.4 is 14.4 Å². The standard InChI is InChI=1S/C29H19N4O4/c1-31-16-12-19(13-17-31)29(37)33-23-9-5-3-7-21(23)27(35)25(33)24-26(34)20-6-2-4-8-22(20)32(24)28(36)18-10-14-30-15-11-18/h2-17H,1H3/q+1/b25-24+. The molecule has 178 valence electrons. The molecule has 0 radical (unpaired) electrons. The van der Waals surface area contributed by atoms with Crippen LogP contribution in [0.25, 0.3) is 0 Å². The van der Waals surface area contributed by atoms with E-state index < -0.39 is 23.4 Å². The van der Waals surface area contributed by atoms with Crippen molar-refractivity contribution in [2.24, 2.45) is 7.05 Å². The predicted molar refractivity (Wildman–Crippen MR) is 134 cm³/mol. The molecule has 2 aromatic carbocycles. The molecular formula is C29H19N4O4+. The second-order valence-electron chi connectivity index (χ2n) is 8.66. The summed E-state index contributed by atoms with van der Waals surface area (Å²) in [6.45, 7) is 0. The van der Waals surface area contributed by atoms with Crippen LogP contribution in [-0.4, -0.2) is 28.4 Å². The molecule has 0 fully saturated rings. The van der Waals surface area contributed by atoms with E-state index in [2.05, 4.69) is 4.98 Å². The minimum absolute atomic E-state index is 0.150. The number of ketones is 2. The van der Waals surface area contributed by atoms with Gasteiger partial charge in [0.05, 0.1) is 16.9 Å². The van der Waals surface area contributed by atoms with Gasteiger partial charge >= 0.3 is 0 Å². The minimum Gasteiger partial charge on any atom is -0.287 e. The van der Waals surface area contributed by atoms with Gasteiger partial charge in [-0.2, -0.15) is 0 Å². The lowest BCUT2D eigenvalue weighted by atomic mass is 10.1. The van der Waals surface area contributed by atoms with Gasteiger partial charge in [0, 0.05) is 41.2 Å². The maximum Gasteiger partial charge on any atom is 0.263 e. The van der Waals surface area contributed by atoms with Crippen LogP contribution in [0.5, 0.6) is 0 Å². The van der Waals surface area contributed by atoms with Crippen molar-refractivity contribution in [2.45, 2.75) is 0 Å². The molecule has 6 rings (SSSR count). The molecule has 2 aliphatic heterocycles. The number of hydrogen-bond donors (Lipinski definition) is 0. The van der Waals surface area contributed by atoms with Gasteiger partial charge in [0.2, 0.25) is 11.6 Å². The summed E-state index contributed by atoms with van der Waals surface area (Å²) in [5.74, 6) is -2.01. The molecule has 37 heavy (non-hydrogen) atoms. The second-order valence-corrected chi connectivity index (χ2v) is 8.66. The fraction of sp³-hybridized carbons (Fsp3) is 0.0345. The monoisotopic (exact) mass is 487 g/mol. The number of benzene rings is 2. The molecule has 8 nitrogen and oxygen atoms in total. The third-order valence-electron chi connectivity index (χ3n) is 6.44. The van der Waals surface area contributed by atoms with E-state index in [1.807, 2.05) is 7.05 Å². The molecule has 0 spiro atoms. The first-order valence-electron chi connectivity index (χ1n) is 11.5. The van der Waals surface area contributed by atoms with Gasteiger partial charge in [-0.15, -0.1) is 0 Å². The van der Waals surface area contributed by atoms with Crippen molar-refractivity contribution in [2.75, 3.05) is 9.80 Å². The summed E-state index contributed by atoms with van der Waals surface area (Å²) in [4.78, 5) is 61.7. The summed E-state index contributed by atoms with van der Waals surface area (Å²) < 4.78 is 1.78. The number of pyridine rings is 2. The minimum atomic E-state index is -0.508. The van der Waals surface area contributed by atoms with E-state index in [1.165, 1.54) is 34.3 Å². The zero-order valence-corrected chi connectivity index (χ0v) is 19.7. The number of amides is 2. The van der Waals surface area contributed by atoms with Crippen LogP contribution in [0.2, 0.25) is 0 Å². The third kappa shape index (κ3) is 3.38. The molecule has 0 N–H and O–H groups in total. The summed E-state index contributed by atoms with van der Waals surface area (Å²) in [7, 11) is 1.83. The van der Waals surface area contributed by atoms with E-state index in [1.54, 1.807) is 77.6 Å². The predicted octanol–water partition coefficient (Wildman–Crippen LogP) is 3.50. The quantitative estimate of drug-likeness (QED) is 0.319. The topological polar surface area (TPSA) is 91.5 Å². The number of nitrogens with zero attached hydrogens (tertiary/aromatic N) is 4. The van der Waals surface area contributed by atoms with Gasteiger partial charge in [-0.05, 0) is 36.4 Å². The smallest absolute Gasteiger partial charge is 0.263 e. The van der Waals surface area contributed by atoms with Gasteiger partial charge in [0.25, 0.3) is 11.8 Å². The maximum atomic E-state index is 13.9. The number of carbonyl (C=O) groups excluding carboxylic acids is 4. The molecule has 2 amide bonds. The lowest BCUT2D eigenvalue weighted by Crippen LogP contribution is -2.37. The molecule has 0 unspecified atom stereocenters. The van der Waals surface area contributed by atoms with E-state index >= 15 is 0 Å². The number of allylic oxidation sites excluding steroid dienone is 2. The number of anilines is 2. The Kier molecular flexibility index (Phi) is 5.08. The number of hydrogen-bond acceptors (Lipinski definition) is 5. The van der Waals surface area contributed by atoms with Crippen LogP contribution in [0.1, 0.15) is 41.4 Å². The average molecular weight is 487 g/mol. The number of carbonyl (C=O) groups is 4. The van der Waals surface area contributed by atoms with Gasteiger partial charge < -0.3 is 0 Å². The number of rotatable bonds is 2. The lowest BCUT2D eigenvalue weighted by Gasteiger charge is -2.24. The molecule has 8 heteroatoms. The van der Waals surface area contributed by atoms with Crippen LogP contribution in [0, 0.1) is 0 Å². The molecule has 4 aromatic rings. The van der Waals surface area contributed by atoms with Crippen molar-refractivity contribution in [3.63, 3.8) is 0 Å². The Hall–Kier alpha value is -5.24. The molecule has 0 bridgehead atoms. The van der Waals surface area contributed by atoms with E-state index in [4.69, 9.17) is 0 Å². The Morgan fingerprint density at radius 3 is 1.57 bits per heavy atom. The highest BCUT2D eigenvalue weighted by Crippen LogP contribution is 2.43. The normalized spacial score (nSPS) is 16.1. The Morgan fingerprint density at radius 1 is 0.649 bits per heavy atom. The molecule has 0 saturated carbocycles. The molecule has 2 aliphatic rings. The first-order valence-corrected chi connectivity index (χ1v) is 11.5. The summed E-state index contributed by atoms with van der Waals surface area (Å²) in [6.07, 6.45) is 6.40. The Balaban J connectivity index is 1.62. The van der Waals surface area contributed by atoms with Crippen molar-refractivity contribution in [3.8, 4) is 0 Å². The van der Waals surface area contributed by atoms with Crippen LogP contribution >= 0.6 is 0 Å². The van der Waals surface area contributed by atoms with E-state index in [-0.39, 0.29) is 28.1 Å². The Bertz CT molecular complexity index is 1660. The second kappa shape index (κ2) is 8.46. The molecule has 4 heterocycles. The Labute approximate surface area is 211 Å². The zero-order valence-electron chi connectivity index (χ0n) is 19.7. The largest absolute Gasteiger partial charge is 0.287 e. The molecule has 0 saturated heterocycles. The van der Waals surface area contributed by atoms with E-state index in [0.717, 1.165) is 0 Å². The number of para-hydroxylation sites is 2. The number of aromatic nitrogens is 2. The number of fused-ring (bicyclic) bond motifs is 2. The summed E-state index contributed by atoms with van der Waals surface area (Å²) in [5, 5.41) is 0. The van der Waals surface area contributed by atoms with Gasteiger partial charge in [-0.3, -0.25) is 34.0 Å². The average Bonchev–Trinajstić information content (AvgIpc) is 3.39. The van der Waals surface area contributed by atoms with Gasteiger partial charge in [0.1, 0.15) is 18.4 Å². The van der Waals surface area contributed by atoms with Gasteiger partial charge in [-0.25, -0.2) is 4.57 Å². The van der Waals surface area contributed by atoms with Crippen molar-refractivity contribution in [1.82, 2.24) is 4.98 Å². The Morgan fingerprint density at radius 2 is 1.08 bits per heavy atom. The fourth-order valence-electron chi connectivity index (χ4n) is 4.67. The van der Waals surface area contributed by atoms with Crippen molar-refractivity contribution in [1.29, 1.82) is 0 Å². The van der Waals surface area contributed by atoms with Crippen LogP contribution in [0.3, 0.4) is 0 Å². The zero-order chi connectivity index (χ0) is 25.7. The van der Waals surface area contributed by atoms with E-state index in [0.29, 0.717) is 16.9 Å². The van der Waals surface area contributed by atoms with Crippen LogP contribution in [0.4, 0.5) is 11.4 Å². The molecule has 2 aromatic heterocycles. The van der Waals surface area contributed by atoms with Gasteiger partial charge in [0.15, 0.2) is 12.4 Å². The maximum absolute atomic E-state index is 13.9. The summed E-state index contributed by atoms with van der Waals surface area (Å²) in [6, 6.07) is 19.7. The van der Waals surface area contributed by atoms with Crippen LogP contribution in [-0.2, 0) is 7.05 Å². The van der Waals surface area contributed by atoms with E-state index in [9.17, 15) is 19.2 Å². The molecule has 0 aliphatic carbocycles. The number of Topliss-reactive ketones (excluding diaryl/α,β-unsaturated/α-hetero) is 2. The molecular weight excluding hydrogens is 468 g/mol. The third-order valence-corrected chi connectivity index (χ3v) is 6.44. The number of aryl methyl sites for hydroxylation is 1. The lowest BCUT2D eigenvalue weighted by molar-refractivity contribution is -0.671. The molecule has 0 atom stereocenters. The van der Waals surface area contributed by atoms with Crippen LogP contribution in [0.15, 0.2) is 109 Å². The summed E-state index contributed by atoms with van der Waals surface area (Å²) >= 11 is 0. The highest BCUT2D eigenvalue weighted by molar-refractivity contribution is 6.35. The first-order chi connectivity index (χ1) is 18.0. The highest BCUT2D eigenvalue weighted by Gasteiger charge is 2.46. The van der Waals surface area contributed by atoms with Crippen molar-refractivity contribution < 1.29 is 23.7 Å². The first kappa shape index (κ1) is 22.2. The fourth-order valence-corrected chi connectivity index (χ4v) is 4.67. The van der Waals surface area contributed by atoms with Crippen molar-refractivity contribution in [3.05, 3.63) is 131 Å².